The Kier molecular flexibility index (Phi) is 4.47. The SMILES string of the molecule is NC(=O)c1cnccc1C=CC=Cc1ccc(CO)o1. The molecule has 0 aliphatic rings. The fourth-order valence-corrected chi connectivity index (χ4v) is 1.64. The summed E-state index contributed by atoms with van der Waals surface area (Å²) in [5.41, 5.74) is 6.33. The van der Waals surface area contributed by atoms with Gasteiger partial charge < -0.3 is 15.3 Å². The summed E-state index contributed by atoms with van der Waals surface area (Å²) < 4.78 is 5.29. The van der Waals surface area contributed by atoms with Gasteiger partial charge in [-0.3, -0.25) is 9.78 Å². The molecule has 5 nitrogen and oxygen atoms in total. The quantitative estimate of drug-likeness (QED) is 0.813. The minimum Gasteiger partial charge on any atom is -0.459 e. The zero-order valence-electron chi connectivity index (χ0n) is 10.7. The van der Waals surface area contributed by atoms with Gasteiger partial charge in [-0.25, -0.2) is 0 Å². The van der Waals surface area contributed by atoms with Crippen LogP contribution in [0, 0.1) is 0 Å². The second-order valence-corrected chi connectivity index (χ2v) is 4.01. The van der Waals surface area contributed by atoms with Gasteiger partial charge >= 0.3 is 0 Å². The maximum atomic E-state index is 11.2. The third kappa shape index (κ3) is 3.43. The topological polar surface area (TPSA) is 89.4 Å². The van der Waals surface area contributed by atoms with Gasteiger partial charge in [0.2, 0.25) is 0 Å². The van der Waals surface area contributed by atoms with Crippen molar-refractivity contribution in [3.05, 3.63) is 65.4 Å². The number of aromatic nitrogens is 1. The van der Waals surface area contributed by atoms with E-state index in [1.807, 2.05) is 0 Å². The largest absolute Gasteiger partial charge is 0.459 e. The number of furan rings is 1. The van der Waals surface area contributed by atoms with Gasteiger partial charge in [0, 0.05) is 12.4 Å². The predicted molar refractivity (Wildman–Crippen MR) is 75.5 cm³/mol. The first-order valence-corrected chi connectivity index (χ1v) is 5.99. The molecule has 2 aromatic heterocycles. The van der Waals surface area contributed by atoms with Crippen LogP contribution in [0.3, 0.4) is 0 Å². The van der Waals surface area contributed by atoms with Crippen molar-refractivity contribution in [1.82, 2.24) is 4.98 Å². The molecular weight excluding hydrogens is 256 g/mol. The van der Waals surface area contributed by atoms with E-state index in [0.29, 0.717) is 22.6 Å². The van der Waals surface area contributed by atoms with Crippen molar-refractivity contribution in [2.45, 2.75) is 6.61 Å². The molecule has 0 saturated heterocycles. The average Bonchev–Trinajstić information content (AvgIpc) is 2.92. The van der Waals surface area contributed by atoms with Crippen molar-refractivity contribution in [3.63, 3.8) is 0 Å². The van der Waals surface area contributed by atoms with Gasteiger partial charge in [-0.2, -0.15) is 0 Å². The number of amides is 1. The second kappa shape index (κ2) is 6.49. The molecular formula is C15H14N2O3. The minimum absolute atomic E-state index is 0.122. The summed E-state index contributed by atoms with van der Waals surface area (Å²) in [6, 6.07) is 5.18. The predicted octanol–water partition coefficient (Wildman–Crippen LogP) is 1.99. The van der Waals surface area contributed by atoms with Crippen LogP contribution in [0.5, 0.6) is 0 Å². The number of rotatable bonds is 5. The Balaban J connectivity index is 2.08. The number of hydrogen-bond acceptors (Lipinski definition) is 4. The lowest BCUT2D eigenvalue weighted by atomic mass is 10.1. The fraction of sp³-hybridized carbons (Fsp3) is 0.0667. The van der Waals surface area contributed by atoms with Crippen molar-refractivity contribution in [2.24, 2.45) is 5.73 Å². The summed E-state index contributed by atoms with van der Waals surface area (Å²) in [6.45, 7) is -0.122. The molecule has 0 unspecified atom stereocenters. The first kappa shape index (κ1) is 13.8. The molecule has 0 fully saturated rings. The average molecular weight is 270 g/mol. The molecule has 0 aromatic carbocycles. The molecule has 0 saturated carbocycles. The van der Waals surface area contributed by atoms with Gasteiger partial charge in [0.05, 0.1) is 5.56 Å². The number of primary amides is 1. The molecule has 0 aliphatic carbocycles. The Morgan fingerprint density at radius 3 is 2.80 bits per heavy atom. The summed E-state index contributed by atoms with van der Waals surface area (Å²) in [7, 11) is 0. The molecule has 0 spiro atoms. The van der Waals surface area contributed by atoms with Crippen LogP contribution in [-0.2, 0) is 6.61 Å². The summed E-state index contributed by atoms with van der Waals surface area (Å²) in [4.78, 5) is 15.1. The number of allylic oxidation sites excluding steroid dienone is 2. The van der Waals surface area contributed by atoms with Crippen LogP contribution in [0.25, 0.3) is 12.2 Å². The number of carbonyl (C=O) groups excluding carboxylic acids is 1. The maximum absolute atomic E-state index is 11.2. The third-order valence-corrected chi connectivity index (χ3v) is 2.61. The Morgan fingerprint density at radius 1 is 1.30 bits per heavy atom. The zero-order valence-corrected chi connectivity index (χ0v) is 10.7. The Morgan fingerprint density at radius 2 is 2.10 bits per heavy atom. The monoisotopic (exact) mass is 270 g/mol. The smallest absolute Gasteiger partial charge is 0.250 e. The van der Waals surface area contributed by atoms with E-state index in [0.717, 1.165) is 0 Å². The molecule has 2 aromatic rings. The first-order valence-electron chi connectivity index (χ1n) is 5.99. The fourth-order valence-electron chi connectivity index (χ4n) is 1.64. The number of nitrogens with two attached hydrogens (primary N) is 1. The number of pyridine rings is 1. The lowest BCUT2D eigenvalue weighted by Crippen LogP contribution is -2.12. The molecule has 0 aliphatic heterocycles. The Labute approximate surface area is 116 Å². The number of aliphatic hydroxyl groups is 1. The highest BCUT2D eigenvalue weighted by atomic mass is 16.4. The van der Waals surface area contributed by atoms with E-state index in [-0.39, 0.29) is 6.61 Å². The number of nitrogens with zero attached hydrogens (tertiary/aromatic N) is 1. The van der Waals surface area contributed by atoms with E-state index in [9.17, 15) is 4.79 Å². The Bertz CT molecular complexity index is 657. The van der Waals surface area contributed by atoms with Crippen molar-refractivity contribution < 1.29 is 14.3 Å². The highest BCUT2D eigenvalue weighted by Gasteiger charge is 2.04. The van der Waals surface area contributed by atoms with Crippen LogP contribution in [0.1, 0.15) is 27.4 Å². The highest BCUT2D eigenvalue weighted by molar-refractivity contribution is 5.96. The van der Waals surface area contributed by atoms with Crippen molar-refractivity contribution in [2.75, 3.05) is 0 Å². The number of hydrogen-bond donors (Lipinski definition) is 2. The molecule has 102 valence electrons. The second-order valence-electron chi connectivity index (χ2n) is 4.01. The van der Waals surface area contributed by atoms with Gasteiger partial charge in [-0.05, 0) is 29.8 Å². The van der Waals surface area contributed by atoms with Crippen LogP contribution in [0.4, 0.5) is 0 Å². The molecule has 0 bridgehead atoms. The van der Waals surface area contributed by atoms with Gasteiger partial charge in [-0.1, -0.05) is 18.2 Å². The molecule has 3 N–H and O–H groups in total. The number of aliphatic hydroxyl groups excluding tert-OH is 1. The molecule has 0 atom stereocenters. The van der Waals surface area contributed by atoms with Gasteiger partial charge in [0.25, 0.3) is 5.91 Å². The molecule has 2 rings (SSSR count). The van der Waals surface area contributed by atoms with Gasteiger partial charge in [-0.15, -0.1) is 0 Å². The van der Waals surface area contributed by atoms with Crippen LogP contribution in [-0.4, -0.2) is 16.0 Å². The maximum Gasteiger partial charge on any atom is 0.250 e. The molecule has 0 radical (unpaired) electrons. The molecule has 5 heteroatoms. The molecule has 20 heavy (non-hydrogen) atoms. The van der Waals surface area contributed by atoms with Crippen molar-refractivity contribution in [3.8, 4) is 0 Å². The molecule has 2 heterocycles. The van der Waals surface area contributed by atoms with E-state index >= 15 is 0 Å². The Hall–Kier alpha value is -2.66. The third-order valence-electron chi connectivity index (χ3n) is 2.61. The highest BCUT2D eigenvalue weighted by Crippen LogP contribution is 2.11. The standard InChI is InChI=1S/C15H14N2O3/c16-15(19)14-9-17-8-7-11(14)3-1-2-4-12-5-6-13(10-18)20-12/h1-9,18H,10H2,(H2,16,19). The van der Waals surface area contributed by atoms with E-state index < -0.39 is 5.91 Å². The summed E-state index contributed by atoms with van der Waals surface area (Å²) >= 11 is 0. The van der Waals surface area contributed by atoms with Crippen LogP contribution < -0.4 is 5.73 Å². The van der Waals surface area contributed by atoms with Gasteiger partial charge in [0.15, 0.2) is 0 Å². The number of carbonyl (C=O) groups is 1. The van der Waals surface area contributed by atoms with Crippen molar-refractivity contribution in [1.29, 1.82) is 0 Å². The lowest BCUT2D eigenvalue weighted by molar-refractivity contribution is 0.1000. The minimum atomic E-state index is -0.514. The van der Waals surface area contributed by atoms with E-state index in [4.69, 9.17) is 15.3 Å². The van der Waals surface area contributed by atoms with Crippen LogP contribution in [0.2, 0.25) is 0 Å². The van der Waals surface area contributed by atoms with Crippen LogP contribution in [0.15, 0.2) is 47.2 Å². The summed E-state index contributed by atoms with van der Waals surface area (Å²) in [5.74, 6) is 0.641. The normalized spacial score (nSPS) is 11.4. The summed E-state index contributed by atoms with van der Waals surface area (Å²) in [6.07, 6.45) is 10.1. The van der Waals surface area contributed by atoms with Crippen molar-refractivity contribution >= 4 is 18.1 Å². The first-order chi connectivity index (χ1) is 9.70. The van der Waals surface area contributed by atoms with E-state index in [2.05, 4.69) is 4.98 Å². The van der Waals surface area contributed by atoms with E-state index in [1.165, 1.54) is 6.20 Å². The lowest BCUT2D eigenvalue weighted by Gasteiger charge is -1.98. The van der Waals surface area contributed by atoms with Gasteiger partial charge in [0.1, 0.15) is 18.1 Å². The van der Waals surface area contributed by atoms with Crippen LogP contribution >= 0.6 is 0 Å². The summed E-state index contributed by atoms with van der Waals surface area (Å²) in [5, 5.41) is 8.87. The van der Waals surface area contributed by atoms with E-state index in [1.54, 1.807) is 48.7 Å². The molecule has 1 amide bonds. The zero-order chi connectivity index (χ0) is 14.4.